The second-order valence-electron chi connectivity index (χ2n) is 7.05. The van der Waals surface area contributed by atoms with Crippen molar-refractivity contribution in [1.29, 1.82) is 0 Å². The molecular weight excluding hydrogens is 366 g/mol. The van der Waals surface area contributed by atoms with Gasteiger partial charge in [0.05, 0.1) is 0 Å². The number of amides is 2. The van der Waals surface area contributed by atoms with Crippen LogP contribution in [0.5, 0.6) is 0 Å². The first kappa shape index (κ1) is 20.5. The van der Waals surface area contributed by atoms with Gasteiger partial charge in [-0.1, -0.05) is 12.2 Å². The Labute approximate surface area is 171 Å². The van der Waals surface area contributed by atoms with Crippen LogP contribution in [-0.4, -0.2) is 52.7 Å². The van der Waals surface area contributed by atoms with Crippen molar-refractivity contribution in [2.24, 2.45) is 0 Å². The molecule has 29 heavy (non-hydrogen) atoms. The molecule has 2 heterocycles. The van der Waals surface area contributed by atoms with E-state index in [0.29, 0.717) is 37.2 Å². The van der Waals surface area contributed by atoms with Crippen molar-refractivity contribution in [3.05, 3.63) is 73.6 Å². The van der Waals surface area contributed by atoms with Crippen molar-refractivity contribution in [1.82, 2.24) is 20.0 Å². The molecule has 1 fully saturated rings. The summed E-state index contributed by atoms with van der Waals surface area (Å²) in [5, 5.41) is 10.6. The standard InChI is InChI=1S/C22H27N5O2/c1-3-15-26(16-4-2)20(28)18-6-8-19(9-7-18)25-21(29)22(10-13-23-14-11-22)27-17-5-12-24-27/h3-9,12,17,23H,1-2,10-11,13-16H2,(H,25,29). The van der Waals surface area contributed by atoms with Crippen LogP contribution >= 0.6 is 0 Å². The number of nitrogens with zero attached hydrogens (tertiary/aromatic N) is 3. The molecule has 0 spiro atoms. The lowest BCUT2D eigenvalue weighted by Gasteiger charge is -2.36. The Morgan fingerprint density at radius 2 is 1.83 bits per heavy atom. The minimum atomic E-state index is -0.714. The van der Waals surface area contributed by atoms with Gasteiger partial charge < -0.3 is 15.5 Å². The zero-order valence-corrected chi connectivity index (χ0v) is 16.5. The summed E-state index contributed by atoms with van der Waals surface area (Å²) in [5.74, 6) is -0.198. The summed E-state index contributed by atoms with van der Waals surface area (Å²) in [4.78, 5) is 27.5. The van der Waals surface area contributed by atoms with Crippen molar-refractivity contribution in [2.45, 2.75) is 18.4 Å². The summed E-state index contributed by atoms with van der Waals surface area (Å²) in [7, 11) is 0. The minimum Gasteiger partial charge on any atom is -0.331 e. The molecule has 1 saturated heterocycles. The lowest BCUT2D eigenvalue weighted by atomic mass is 9.87. The quantitative estimate of drug-likeness (QED) is 0.675. The van der Waals surface area contributed by atoms with Gasteiger partial charge >= 0.3 is 0 Å². The number of carbonyl (C=O) groups is 2. The molecule has 0 radical (unpaired) electrons. The van der Waals surface area contributed by atoms with Gasteiger partial charge in [-0.05, 0) is 56.3 Å². The van der Waals surface area contributed by atoms with Crippen LogP contribution in [-0.2, 0) is 10.3 Å². The van der Waals surface area contributed by atoms with Crippen LogP contribution < -0.4 is 10.6 Å². The Kier molecular flexibility index (Phi) is 6.61. The van der Waals surface area contributed by atoms with Crippen LogP contribution in [0.25, 0.3) is 0 Å². The van der Waals surface area contributed by atoms with Crippen LogP contribution in [0.4, 0.5) is 5.69 Å². The number of benzene rings is 1. The van der Waals surface area contributed by atoms with E-state index in [4.69, 9.17) is 0 Å². The Morgan fingerprint density at radius 1 is 1.17 bits per heavy atom. The van der Waals surface area contributed by atoms with Gasteiger partial charge in [0, 0.05) is 36.7 Å². The Morgan fingerprint density at radius 3 is 2.38 bits per heavy atom. The first-order valence-electron chi connectivity index (χ1n) is 9.74. The number of carbonyl (C=O) groups excluding carboxylic acids is 2. The summed E-state index contributed by atoms with van der Waals surface area (Å²) in [6.07, 6.45) is 8.22. The largest absolute Gasteiger partial charge is 0.331 e. The van der Waals surface area contributed by atoms with Gasteiger partial charge in [-0.15, -0.1) is 13.2 Å². The van der Waals surface area contributed by atoms with E-state index in [0.717, 1.165) is 13.1 Å². The van der Waals surface area contributed by atoms with Crippen molar-refractivity contribution in [2.75, 3.05) is 31.5 Å². The number of hydrogen-bond acceptors (Lipinski definition) is 4. The molecule has 0 atom stereocenters. The summed E-state index contributed by atoms with van der Waals surface area (Å²) in [6, 6.07) is 8.78. The van der Waals surface area contributed by atoms with Crippen molar-refractivity contribution in [3.63, 3.8) is 0 Å². The van der Waals surface area contributed by atoms with Crippen molar-refractivity contribution < 1.29 is 9.59 Å². The first-order valence-corrected chi connectivity index (χ1v) is 9.74. The molecule has 1 aromatic heterocycles. The topological polar surface area (TPSA) is 79.3 Å². The highest BCUT2D eigenvalue weighted by atomic mass is 16.2. The van der Waals surface area contributed by atoms with E-state index in [9.17, 15) is 9.59 Å². The van der Waals surface area contributed by atoms with Crippen LogP contribution in [0.1, 0.15) is 23.2 Å². The molecular formula is C22H27N5O2. The highest BCUT2D eigenvalue weighted by Crippen LogP contribution is 2.28. The van der Waals surface area contributed by atoms with Crippen molar-refractivity contribution >= 4 is 17.5 Å². The average Bonchev–Trinajstić information content (AvgIpc) is 3.29. The summed E-state index contributed by atoms with van der Waals surface area (Å²) in [5.41, 5.74) is 0.486. The maximum atomic E-state index is 13.2. The third-order valence-electron chi connectivity index (χ3n) is 5.17. The fourth-order valence-corrected chi connectivity index (χ4v) is 3.60. The third kappa shape index (κ3) is 4.46. The SMILES string of the molecule is C=CCN(CC=C)C(=O)c1ccc(NC(=O)C2(n3cccn3)CCNCC2)cc1. The highest BCUT2D eigenvalue weighted by molar-refractivity contribution is 5.98. The van der Waals surface area contributed by atoms with Gasteiger partial charge in [-0.2, -0.15) is 5.10 Å². The van der Waals surface area contributed by atoms with Gasteiger partial charge in [0.1, 0.15) is 5.54 Å². The van der Waals surface area contributed by atoms with E-state index in [2.05, 4.69) is 28.9 Å². The fraction of sp³-hybridized carbons (Fsp3) is 0.318. The average molecular weight is 393 g/mol. The van der Waals surface area contributed by atoms with E-state index >= 15 is 0 Å². The molecule has 1 aromatic carbocycles. The number of rotatable bonds is 8. The van der Waals surface area contributed by atoms with Gasteiger partial charge in [0.2, 0.25) is 0 Å². The van der Waals surface area contributed by atoms with Gasteiger partial charge in [-0.3, -0.25) is 14.3 Å². The lowest BCUT2D eigenvalue weighted by molar-refractivity contribution is -0.126. The zero-order chi connectivity index (χ0) is 20.7. The van der Waals surface area contributed by atoms with E-state index < -0.39 is 5.54 Å². The summed E-state index contributed by atoms with van der Waals surface area (Å²) in [6.45, 7) is 9.78. The zero-order valence-electron chi connectivity index (χ0n) is 16.5. The molecule has 2 N–H and O–H groups in total. The number of piperidine rings is 1. The monoisotopic (exact) mass is 393 g/mol. The fourth-order valence-electron chi connectivity index (χ4n) is 3.60. The number of anilines is 1. The van der Waals surface area contributed by atoms with Crippen LogP contribution in [0.2, 0.25) is 0 Å². The van der Waals surface area contributed by atoms with Gasteiger partial charge in [0.25, 0.3) is 11.8 Å². The normalized spacial score (nSPS) is 15.3. The summed E-state index contributed by atoms with van der Waals surface area (Å²) >= 11 is 0. The molecule has 152 valence electrons. The molecule has 1 aliphatic heterocycles. The van der Waals surface area contributed by atoms with Crippen LogP contribution in [0.3, 0.4) is 0 Å². The molecule has 0 aliphatic carbocycles. The highest BCUT2D eigenvalue weighted by Gasteiger charge is 2.42. The predicted octanol–water partition coefficient (Wildman–Crippen LogP) is 2.41. The van der Waals surface area contributed by atoms with Gasteiger partial charge in [-0.25, -0.2) is 0 Å². The maximum absolute atomic E-state index is 13.2. The Balaban J connectivity index is 1.74. The Hall–Kier alpha value is -3.19. The molecule has 0 bridgehead atoms. The molecule has 2 amide bonds. The van der Waals surface area contributed by atoms with Crippen LogP contribution in [0, 0.1) is 0 Å². The smallest absolute Gasteiger partial charge is 0.254 e. The maximum Gasteiger partial charge on any atom is 0.254 e. The van der Waals surface area contributed by atoms with E-state index in [1.54, 1.807) is 52.2 Å². The first-order chi connectivity index (χ1) is 14.1. The molecule has 3 rings (SSSR count). The lowest BCUT2D eigenvalue weighted by Crippen LogP contribution is -2.52. The Bertz CT molecular complexity index is 842. The molecule has 0 saturated carbocycles. The number of aromatic nitrogens is 2. The van der Waals surface area contributed by atoms with Crippen molar-refractivity contribution in [3.8, 4) is 0 Å². The summed E-state index contributed by atoms with van der Waals surface area (Å²) < 4.78 is 1.75. The molecule has 7 heteroatoms. The second kappa shape index (κ2) is 9.34. The number of nitrogens with one attached hydrogen (secondary N) is 2. The molecule has 1 aliphatic rings. The molecule has 0 unspecified atom stereocenters. The van der Waals surface area contributed by atoms with E-state index in [1.807, 2.05) is 12.3 Å². The predicted molar refractivity (Wildman–Crippen MR) is 114 cm³/mol. The molecule has 7 nitrogen and oxygen atoms in total. The number of hydrogen-bond donors (Lipinski definition) is 2. The van der Waals surface area contributed by atoms with Gasteiger partial charge in [0.15, 0.2) is 0 Å². The minimum absolute atomic E-state index is 0.0956. The van der Waals surface area contributed by atoms with E-state index in [-0.39, 0.29) is 11.8 Å². The van der Waals surface area contributed by atoms with Crippen LogP contribution in [0.15, 0.2) is 68.0 Å². The molecule has 2 aromatic rings. The van der Waals surface area contributed by atoms with E-state index in [1.165, 1.54) is 0 Å². The third-order valence-corrected chi connectivity index (χ3v) is 5.17. The second-order valence-corrected chi connectivity index (χ2v) is 7.05.